The van der Waals surface area contributed by atoms with Crippen LogP contribution in [0.5, 0.6) is 0 Å². The molecular weight excluding hydrogens is 232 g/mol. The van der Waals surface area contributed by atoms with Crippen LogP contribution in [-0.2, 0) is 0 Å². The number of hydrogen-bond donors (Lipinski definition) is 1. The molecule has 1 N–H and O–H groups in total. The molecule has 0 bridgehead atoms. The lowest BCUT2D eigenvalue weighted by Crippen LogP contribution is -2.58. The molecule has 0 spiro atoms. The summed E-state index contributed by atoms with van der Waals surface area (Å²) in [6, 6.07) is 1.56. The van der Waals surface area contributed by atoms with Crippen molar-refractivity contribution in [2.75, 3.05) is 19.6 Å². The molecule has 0 aromatic carbocycles. The molecular formula is C17H34N2. The van der Waals surface area contributed by atoms with Gasteiger partial charge in [0.25, 0.3) is 0 Å². The molecule has 2 fully saturated rings. The monoisotopic (exact) mass is 266 g/mol. The minimum atomic E-state index is 0.773. The molecule has 2 rings (SSSR count). The van der Waals surface area contributed by atoms with Crippen LogP contribution in [0.1, 0.15) is 59.8 Å². The van der Waals surface area contributed by atoms with Gasteiger partial charge in [0, 0.05) is 31.7 Å². The first-order chi connectivity index (χ1) is 9.10. The summed E-state index contributed by atoms with van der Waals surface area (Å²) in [4.78, 5) is 2.82. The van der Waals surface area contributed by atoms with Crippen LogP contribution in [0.25, 0.3) is 0 Å². The van der Waals surface area contributed by atoms with E-state index < -0.39 is 0 Å². The average Bonchev–Trinajstić information content (AvgIpc) is 3.15. The van der Waals surface area contributed by atoms with E-state index in [2.05, 4.69) is 37.9 Å². The van der Waals surface area contributed by atoms with Gasteiger partial charge in [0.05, 0.1) is 0 Å². The molecule has 1 heterocycles. The highest BCUT2D eigenvalue weighted by molar-refractivity contribution is 4.94. The van der Waals surface area contributed by atoms with Crippen LogP contribution in [0.4, 0.5) is 0 Å². The van der Waals surface area contributed by atoms with E-state index in [1.54, 1.807) is 0 Å². The molecule has 2 aliphatic rings. The minimum Gasteiger partial charge on any atom is -0.311 e. The van der Waals surface area contributed by atoms with Crippen LogP contribution < -0.4 is 5.32 Å². The van der Waals surface area contributed by atoms with Gasteiger partial charge in [-0.05, 0) is 43.4 Å². The van der Waals surface area contributed by atoms with Crippen LogP contribution >= 0.6 is 0 Å². The highest BCUT2D eigenvalue weighted by Crippen LogP contribution is 2.35. The summed E-state index contributed by atoms with van der Waals surface area (Å²) < 4.78 is 0. The summed E-state index contributed by atoms with van der Waals surface area (Å²) in [5.41, 5.74) is 0. The van der Waals surface area contributed by atoms with Gasteiger partial charge < -0.3 is 5.32 Å². The smallest absolute Gasteiger partial charge is 0.0224 e. The van der Waals surface area contributed by atoms with Crippen LogP contribution in [-0.4, -0.2) is 36.6 Å². The third-order valence-electron chi connectivity index (χ3n) is 4.83. The second-order valence-corrected chi connectivity index (χ2v) is 7.48. The van der Waals surface area contributed by atoms with Crippen LogP contribution in [0.15, 0.2) is 0 Å². The van der Waals surface area contributed by atoms with E-state index in [0.29, 0.717) is 0 Å². The molecule has 3 atom stereocenters. The maximum Gasteiger partial charge on any atom is 0.0224 e. The lowest BCUT2D eigenvalue weighted by atomic mass is 9.95. The number of piperazine rings is 1. The van der Waals surface area contributed by atoms with Crippen LogP contribution in [0.2, 0.25) is 0 Å². The lowest BCUT2D eigenvalue weighted by molar-refractivity contribution is 0.0908. The number of hydrogen-bond acceptors (Lipinski definition) is 2. The third kappa shape index (κ3) is 4.75. The van der Waals surface area contributed by atoms with E-state index in [4.69, 9.17) is 0 Å². The Kier molecular flexibility index (Phi) is 5.70. The summed E-state index contributed by atoms with van der Waals surface area (Å²) >= 11 is 0. The molecule has 2 heteroatoms. The Balaban J connectivity index is 1.89. The Morgan fingerprint density at radius 1 is 1.21 bits per heavy atom. The molecule has 1 saturated heterocycles. The quantitative estimate of drug-likeness (QED) is 0.758. The standard InChI is InChI=1S/C17H34N2/c1-5-6-14(4)11-19-12-17(15-7-8-15)18-10-16(19)9-13(2)3/h13-18H,5-12H2,1-4H3. The maximum atomic E-state index is 3.83. The van der Waals surface area contributed by atoms with Gasteiger partial charge in [0.15, 0.2) is 0 Å². The fourth-order valence-corrected chi connectivity index (χ4v) is 3.68. The van der Waals surface area contributed by atoms with E-state index in [-0.39, 0.29) is 0 Å². The normalized spacial score (nSPS) is 30.8. The molecule has 0 amide bonds. The number of nitrogens with one attached hydrogen (secondary N) is 1. The lowest BCUT2D eigenvalue weighted by Gasteiger charge is -2.42. The zero-order valence-corrected chi connectivity index (χ0v) is 13.5. The molecule has 1 saturated carbocycles. The van der Waals surface area contributed by atoms with E-state index in [9.17, 15) is 0 Å². The summed E-state index contributed by atoms with van der Waals surface area (Å²) in [6.45, 7) is 13.3. The molecule has 1 aliphatic carbocycles. The highest BCUT2D eigenvalue weighted by atomic mass is 15.2. The van der Waals surface area contributed by atoms with Gasteiger partial charge in [-0.2, -0.15) is 0 Å². The predicted octanol–water partition coefficient (Wildman–Crippen LogP) is 3.52. The number of rotatable bonds is 7. The van der Waals surface area contributed by atoms with Gasteiger partial charge >= 0.3 is 0 Å². The number of nitrogens with zero attached hydrogens (tertiary/aromatic N) is 1. The molecule has 0 aromatic rings. The molecule has 3 unspecified atom stereocenters. The van der Waals surface area contributed by atoms with Gasteiger partial charge in [-0.15, -0.1) is 0 Å². The first kappa shape index (κ1) is 15.3. The predicted molar refractivity (Wildman–Crippen MR) is 83.4 cm³/mol. The van der Waals surface area contributed by atoms with Gasteiger partial charge in [-0.1, -0.05) is 34.1 Å². The fraction of sp³-hybridized carbons (Fsp3) is 1.00. The SMILES string of the molecule is CCCC(C)CN1CC(C2CC2)NCC1CC(C)C. The third-order valence-corrected chi connectivity index (χ3v) is 4.83. The van der Waals surface area contributed by atoms with Gasteiger partial charge in [-0.3, -0.25) is 4.90 Å². The zero-order chi connectivity index (χ0) is 13.8. The van der Waals surface area contributed by atoms with Crippen molar-refractivity contribution >= 4 is 0 Å². The zero-order valence-electron chi connectivity index (χ0n) is 13.5. The Hall–Kier alpha value is -0.0800. The summed E-state index contributed by atoms with van der Waals surface area (Å²) in [5.74, 6) is 2.66. The first-order valence-corrected chi connectivity index (χ1v) is 8.57. The van der Waals surface area contributed by atoms with Crippen molar-refractivity contribution in [2.45, 2.75) is 71.9 Å². The van der Waals surface area contributed by atoms with Gasteiger partial charge in [0.1, 0.15) is 0 Å². The van der Waals surface area contributed by atoms with Crippen molar-refractivity contribution in [3.63, 3.8) is 0 Å². The summed E-state index contributed by atoms with van der Waals surface area (Å²) in [7, 11) is 0. The Morgan fingerprint density at radius 2 is 1.95 bits per heavy atom. The molecule has 1 aliphatic heterocycles. The van der Waals surface area contributed by atoms with E-state index in [0.717, 1.165) is 29.8 Å². The van der Waals surface area contributed by atoms with Crippen molar-refractivity contribution < 1.29 is 0 Å². The van der Waals surface area contributed by atoms with Crippen LogP contribution in [0, 0.1) is 17.8 Å². The Bertz CT molecular complexity index is 260. The van der Waals surface area contributed by atoms with Crippen molar-refractivity contribution in [2.24, 2.45) is 17.8 Å². The van der Waals surface area contributed by atoms with Crippen molar-refractivity contribution in [1.82, 2.24) is 10.2 Å². The van der Waals surface area contributed by atoms with E-state index in [1.165, 1.54) is 51.7 Å². The highest BCUT2D eigenvalue weighted by Gasteiger charge is 2.37. The molecule has 2 nitrogen and oxygen atoms in total. The molecule has 0 aromatic heterocycles. The van der Waals surface area contributed by atoms with E-state index in [1.807, 2.05) is 0 Å². The van der Waals surface area contributed by atoms with Gasteiger partial charge in [0.2, 0.25) is 0 Å². The minimum absolute atomic E-state index is 0.773. The Morgan fingerprint density at radius 3 is 2.53 bits per heavy atom. The van der Waals surface area contributed by atoms with Crippen LogP contribution in [0.3, 0.4) is 0 Å². The second kappa shape index (κ2) is 7.08. The Labute approximate surface area is 120 Å². The van der Waals surface area contributed by atoms with Gasteiger partial charge in [-0.25, -0.2) is 0 Å². The van der Waals surface area contributed by atoms with Crippen molar-refractivity contribution in [1.29, 1.82) is 0 Å². The molecule has 0 radical (unpaired) electrons. The summed E-state index contributed by atoms with van der Waals surface area (Å²) in [6.07, 6.45) is 6.99. The van der Waals surface area contributed by atoms with E-state index >= 15 is 0 Å². The second-order valence-electron chi connectivity index (χ2n) is 7.48. The topological polar surface area (TPSA) is 15.3 Å². The first-order valence-electron chi connectivity index (χ1n) is 8.57. The average molecular weight is 266 g/mol. The molecule has 112 valence electrons. The molecule has 19 heavy (non-hydrogen) atoms. The maximum absolute atomic E-state index is 3.83. The largest absolute Gasteiger partial charge is 0.311 e. The van der Waals surface area contributed by atoms with Crippen molar-refractivity contribution in [3.8, 4) is 0 Å². The fourth-order valence-electron chi connectivity index (χ4n) is 3.68. The van der Waals surface area contributed by atoms with Crippen molar-refractivity contribution in [3.05, 3.63) is 0 Å². The summed E-state index contributed by atoms with van der Waals surface area (Å²) in [5, 5.41) is 3.83.